The Hall–Kier alpha value is -1.61. The van der Waals surface area contributed by atoms with Crippen molar-refractivity contribution in [2.75, 3.05) is 21.9 Å². The van der Waals surface area contributed by atoms with E-state index in [0.29, 0.717) is 24.2 Å². The molecule has 1 aliphatic heterocycles. The van der Waals surface area contributed by atoms with E-state index < -0.39 is 10.0 Å². The zero-order valence-electron chi connectivity index (χ0n) is 13.1. The van der Waals surface area contributed by atoms with E-state index in [4.69, 9.17) is 0 Å². The lowest BCUT2D eigenvalue weighted by molar-refractivity contribution is 0.102. The molecule has 1 aliphatic rings. The molecule has 1 saturated heterocycles. The minimum Gasteiger partial charge on any atom is -0.322 e. The van der Waals surface area contributed by atoms with Crippen molar-refractivity contribution in [3.8, 4) is 0 Å². The number of aryl methyl sites for hydroxylation is 1. The molecule has 126 valence electrons. The van der Waals surface area contributed by atoms with Gasteiger partial charge in [0.05, 0.1) is 11.4 Å². The highest BCUT2D eigenvalue weighted by Gasteiger charge is 2.28. The molecule has 3 rings (SSSR count). The summed E-state index contributed by atoms with van der Waals surface area (Å²) in [5.74, 6) is -0.0310. The SMILES string of the molecule is Cc1cc(I)ccc1NC(=O)c1ccc(N2CCCS2(=O)=O)cc1. The first-order valence-corrected chi connectivity index (χ1v) is 10.2. The molecule has 0 radical (unpaired) electrons. The van der Waals surface area contributed by atoms with Crippen molar-refractivity contribution in [3.05, 3.63) is 57.2 Å². The van der Waals surface area contributed by atoms with Crippen LogP contribution < -0.4 is 9.62 Å². The van der Waals surface area contributed by atoms with E-state index in [0.717, 1.165) is 14.8 Å². The highest BCUT2D eigenvalue weighted by atomic mass is 127. The fourth-order valence-corrected chi connectivity index (χ4v) is 4.88. The Morgan fingerprint density at radius 2 is 1.88 bits per heavy atom. The molecule has 0 unspecified atom stereocenters. The van der Waals surface area contributed by atoms with Gasteiger partial charge in [-0.3, -0.25) is 9.10 Å². The maximum Gasteiger partial charge on any atom is 0.255 e. The van der Waals surface area contributed by atoms with Crippen LogP contribution in [0.15, 0.2) is 42.5 Å². The van der Waals surface area contributed by atoms with E-state index in [-0.39, 0.29) is 11.7 Å². The Balaban J connectivity index is 1.77. The number of rotatable bonds is 3. The van der Waals surface area contributed by atoms with E-state index in [2.05, 4.69) is 27.9 Å². The summed E-state index contributed by atoms with van der Waals surface area (Å²) in [6, 6.07) is 12.5. The zero-order valence-corrected chi connectivity index (χ0v) is 16.1. The fraction of sp³-hybridized carbons (Fsp3) is 0.235. The van der Waals surface area contributed by atoms with E-state index in [1.165, 1.54) is 4.31 Å². The number of nitrogens with one attached hydrogen (secondary N) is 1. The topological polar surface area (TPSA) is 66.5 Å². The molecular weight excluding hydrogens is 439 g/mol. The Bertz CT molecular complexity index is 879. The average Bonchev–Trinajstić information content (AvgIpc) is 2.89. The van der Waals surface area contributed by atoms with Crippen LogP contribution in [0, 0.1) is 10.5 Å². The van der Waals surface area contributed by atoms with Gasteiger partial charge in [0.2, 0.25) is 10.0 Å². The lowest BCUT2D eigenvalue weighted by atomic mass is 10.1. The maximum atomic E-state index is 12.4. The molecule has 0 saturated carbocycles. The highest BCUT2D eigenvalue weighted by molar-refractivity contribution is 14.1. The second-order valence-electron chi connectivity index (χ2n) is 5.70. The summed E-state index contributed by atoms with van der Waals surface area (Å²) in [5.41, 5.74) is 2.87. The first-order valence-electron chi connectivity index (χ1n) is 7.55. The Morgan fingerprint density at radius 3 is 2.46 bits per heavy atom. The van der Waals surface area contributed by atoms with Gasteiger partial charge >= 0.3 is 0 Å². The van der Waals surface area contributed by atoms with Gasteiger partial charge in [-0.15, -0.1) is 0 Å². The van der Waals surface area contributed by atoms with Crippen molar-refractivity contribution in [1.82, 2.24) is 0 Å². The number of halogens is 1. The van der Waals surface area contributed by atoms with Gasteiger partial charge in [-0.05, 0) is 84.0 Å². The molecule has 0 atom stereocenters. The van der Waals surface area contributed by atoms with Gasteiger partial charge in [0.1, 0.15) is 0 Å². The number of anilines is 2. The second-order valence-corrected chi connectivity index (χ2v) is 8.96. The molecule has 1 N–H and O–H groups in total. The van der Waals surface area contributed by atoms with Crippen LogP contribution in [-0.4, -0.2) is 26.6 Å². The third-order valence-electron chi connectivity index (χ3n) is 3.95. The smallest absolute Gasteiger partial charge is 0.255 e. The van der Waals surface area contributed by atoms with Crippen LogP contribution in [0.25, 0.3) is 0 Å². The third-order valence-corrected chi connectivity index (χ3v) is 6.49. The summed E-state index contributed by atoms with van der Waals surface area (Å²) < 4.78 is 26.4. The molecule has 2 aromatic carbocycles. The van der Waals surface area contributed by atoms with Crippen molar-refractivity contribution in [1.29, 1.82) is 0 Å². The standard InChI is InChI=1S/C17H17IN2O3S/c1-12-11-14(18)5-8-16(12)19-17(21)13-3-6-15(7-4-13)20-9-2-10-24(20,22)23/h3-8,11H,2,9-10H2,1H3,(H,19,21). The number of carbonyl (C=O) groups excluding carboxylic acids is 1. The average molecular weight is 456 g/mol. The molecule has 0 aromatic heterocycles. The largest absolute Gasteiger partial charge is 0.322 e. The van der Waals surface area contributed by atoms with E-state index >= 15 is 0 Å². The Labute approximate surface area is 155 Å². The Morgan fingerprint density at radius 1 is 1.17 bits per heavy atom. The second kappa shape index (κ2) is 6.72. The van der Waals surface area contributed by atoms with Gasteiger partial charge in [0.25, 0.3) is 5.91 Å². The molecule has 1 fully saturated rings. The summed E-state index contributed by atoms with van der Waals surface area (Å²) in [5, 5.41) is 2.88. The molecule has 2 aromatic rings. The van der Waals surface area contributed by atoms with Crippen molar-refractivity contribution >= 4 is 49.9 Å². The summed E-state index contributed by atoms with van der Waals surface area (Å²) in [6.07, 6.45) is 0.636. The molecule has 1 heterocycles. The number of hydrogen-bond acceptors (Lipinski definition) is 3. The van der Waals surface area contributed by atoms with Gasteiger partial charge in [0.15, 0.2) is 0 Å². The van der Waals surface area contributed by atoms with Gasteiger partial charge in [0, 0.05) is 21.4 Å². The highest BCUT2D eigenvalue weighted by Crippen LogP contribution is 2.25. The van der Waals surface area contributed by atoms with Gasteiger partial charge in [-0.1, -0.05) is 0 Å². The summed E-state index contributed by atoms with van der Waals surface area (Å²) >= 11 is 2.23. The van der Waals surface area contributed by atoms with E-state index in [9.17, 15) is 13.2 Å². The molecule has 7 heteroatoms. The predicted octanol–water partition coefficient (Wildman–Crippen LogP) is 3.39. The molecule has 5 nitrogen and oxygen atoms in total. The van der Waals surface area contributed by atoms with Crippen LogP contribution in [0.1, 0.15) is 22.3 Å². The number of hydrogen-bond donors (Lipinski definition) is 1. The number of carbonyl (C=O) groups is 1. The first kappa shape index (κ1) is 17.2. The van der Waals surface area contributed by atoms with Gasteiger partial charge in [-0.25, -0.2) is 8.42 Å². The van der Waals surface area contributed by atoms with Gasteiger partial charge in [-0.2, -0.15) is 0 Å². The van der Waals surface area contributed by atoms with E-state index in [1.807, 2.05) is 25.1 Å². The zero-order chi connectivity index (χ0) is 17.3. The van der Waals surface area contributed by atoms with Crippen LogP contribution in [0.3, 0.4) is 0 Å². The summed E-state index contributed by atoms with van der Waals surface area (Å²) in [6.45, 7) is 2.44. The van der Waals surface area contributed by atoms with Gasteiger partial charge < -0.3 is 5.32 Å². The molecular formula is C17H17IN2O3S. The van der Waals surface area contributed by atoms with Crippen LogP contribution in [0.2, 0.25) is 0 Å². The molecule has 0 spiro atoms. The van der Waals surface area contributed by atoms with Crippen LogP contribution in [-0.2, 0) is 10.0 Å². The predicted molar refractivity (Wildman–Crippen MR) is 104 cm³/mol. The molecule has 1 amide bonds. The minimum absolute atomic E-state index is 0.182. The minimum atomic E-state index is -3.20. The van der Waals surface area contributed by atoms with E-state index in [1.54, 1.807) is 24.3 Å². The Kier molecular flexibility index (Phi) is 4.82. The molecule has 0 aliphatic carbocycles. The number of nitrogens with zero attached hydrogens (tertiary/aromatic N) is 1. The first-order chi connectivity index (χ1) is 11.4. The summed E-state index contributed by atoms with van der Waals surface area (Å²) in [4.78, 5) is 12.4. The van der Waals surface area contributed by atoms with Crippen molar-refractivity contribution in [2.45, 2.75) is 13.3 Å². The maximum absolute atomic E-state index is 12.4. The molecule has 24 heavy (non-hydrogen) atoms. The van der Waals surface area contributed by atoms with Crippen molar-refractivity contribution in [2.24, 2.45) is 0 Å². The van der Waals surface area contributed by atoms with Crippen molar-refractivity contribution in [3.63, 3.8) is 0 Å². The number of benzene rings is 2. The third kappa shape index (κ3) is 3.56. The monoisotopic (exact) mass is 456 g/mol. The number of sulfonamides is 1. The van der Waals surface area contributed by atoms with Crippen molar-refractivity contribution < 1.29 is 13.2 Å². The lowest BCUT2D eigenvalue weighted by Gasteiger charge is -2.17. The normalized spacial score (nSPS) is 16.2. The molecule has 0 bridgehead atoms. The summed E-state index contributed by atoms with van der Waals surface area (Å²) in [7, 11) is -3.20. The van der Waals surface area contributed by atoms with Crippen LogP contribution in [0.5, 0.6) is 0 Å². The van der Waals surface area contributed by atoms with Crippen LogP contribution in [0.4, 0.5) is 11.4 Å². The quantitative estimate of drug-likeness (QED) is 0.721. The fourth-order valence-electron chi connectivity index (χ4n) is 2.67. The van der Waals surface area contributed by atoms with Crippen LogP contribution >= 0.6 is 22.6 Å². The number of amides is 1. The lowest BCUT2D eigenvalue weighted by Crippen LogP contribution is -2.25.